The van der Waals surface area contributed by atoms with E-state index in [1.807, 2.05) is 0 Å². The minimum atomic E-state index is -1.34. The molecule has 0 radical (unpaired) electrons. The molecule has 0 saturated heterocycles. The molecule has 0 fully saturated rings. The molecule has 0 unspecified atom stereocenters. The third kappa shape index (κ3) is 6.09. The van der Waals surface area contributed by atoms with Crippen molar-refractivity contribution in [3.8, 4) is 23.3 Å². The number of anilines is 1. The van der Waals surface area contributed by atoms with Crippen molar-refractivity contribution in [2.24, 2.45) is 10.8 Å². The number of phenolic OH excluding ortho intramolecular Hbond substituents is 1. The maximum atomic E-state index is 11.8. The van der Waals surface area contributed by atoms with Crippen LogP contribution in [0.3, 0.4) is 0 Å². The molecule has 0 atom stereocenters. The molecule has 0 spiro atoms. The number of primary amides is 1. The Morgan fingerprint density at radius 2 is 1.91 bits per heavy atom. The van der Waals surface area contributed by atoms with Crippen molar-refractivity contribution in [2.45, 2.75) is 13.8 Å². The lowest BCUT2D eigenvalue weighted by molar-refractivity contribution is -0.129. The highest BCUT2D eigenvalue weighted by atomic mass is 79.9. The minimum absolute atomic E-state index is 0.0953. The van der Waals surface area contributed by atoms with Gasteiger partial charge >= 0.3 is 12.1 Å². The van der Waals surface area contributed by atoms with Gasteiger partial charge in [-0.25, -0.2) is 9.59 Å². The number of phenols is 1. The zero-order valence-electron chi connectivity index (χ0n) is 17.1. The van der Waals surface area contributed by atoms with Gasteiger partial charge < -0.3 is 20.3 Å². The summed E-state index contributed by atoms with van der Waals surface area (Å²) in [5.41, 5.74) is 5.91. The lowest BCUT2D eigenvalue weighted by Gasteiger charge is -2.20. The van der Waals surface area contributed by atoms with Crippen molar-refractivity contribution < 1.29 is 24.2 Å². The maximum Gasteiger partial charge on any atom is 0.412 e. The summed E-state index contributed by atoms with van der Waals surface area (Å²) in [6.07, 6.45) is -1.34. The molecule has 1 amide bonds. The summed E-state index contributed by atoms with van der Waals surface area (Å²) in [4.78, 5) is 22.6. The lowest BCUT2D eigenvalue weighted by Crippen LogP contribution is -2.27. The molecule has 32 heavy (non-hydrogen) atoms. The topological polar surface area (TPSA) is 138 Å². The number of nitriles is 1. The van der Waals surface area contributed by atoms with Gasteiger partial charge in [0.15, 0.2) is 5.75 Å². The number of esters is 1. The van der Waals surface area contributed by atoms with Crippen LogP contribution in [0.4, 0.5) is 10.5 Å². The highest BCUT2D eigenvalue weighted by molar-refractivity contribution is 9.11. The Morgan fingerprint density at radius 3 is 2.41 bits per heavy atom. The van der Waals surface area contributed by atoms with Crippen molar-refractivity contribution in [1.82, 2.24) is 0 Å². The fourth-order valence-corrected chi connectivity index (χ4v) is 3.84. The molecule has 2 aromatic carbocycles. The Bertz CT molecular complexity index is 1130. The summed E-state index contributed by atoms with van der Waals surface area (Å²) in [5.74, 6) is -0.239. The summed E-state index contributed by atoms with van der Waals surface area (Å²) in [6, 6.07) is 9.71. The second kappa shape index (κ2) is 10.8. The van der Waals surface area contributed by atoms with Crippen LogP contribution in [0.2, 0.25) is 0 Å². The zero-order valence-corrected chi connectivity index (χ0v) is 20.2. The van der Waals surface area contributed by atoms with Crippen LogP contribution in [0.15, 0.2) is 51.0 Å². The minimum Gasteiger partial charge on any atom is -0.507 e. The molecule has 0 aliphatic carbocycles. The molecule has 11 heteroatoms. The largest absolute Gasteiger partial charge is 0.507 e. The Kier molecular flexibility index (Phi) is 8.40. The van der Waals surface area contributed by atoms with E-state index in [0.29, 0.717) is 37.3 Å². The number of hydrogen-bond donors (Lipinski definition) is 2. The molecule has 2 rings (SSSR count). The Labute approximate surface area is 201 Å². The first-order valence-electron chi connectivity index (χ1n) is 9.01. The van der Waals surface area contributed by atoms with Crippen LogP contribution in [0.5, 0.6) is 17.2 Å². The first-order valence-corrected chi connectivity index (χ1v) is 10.6. The van der Waals surface area contributed by atoms with Crippen molar-refractivity contribution in [3.05, 3.63) is 51.4 Å². The maximum absolute atomic E-state index is 11.8. The Morgan fingerprint density at radius 1 is 1.28 bits per heavy atom. The number of nitrogens with zero attached hydrogens (tertiary/aromatic N) is 3. The monoisotopic (exact) mass is 564 g/mol. The molecule has 2 aromatic rings. The average Bonchev–Trinajstić information content (AvgIpc) is 2.71. The number of nitrogens with two attached hydrogens (primary N) is 1. The highest BCUT2D eigenvalue weighted by Crippen LogP contribution is 2.41. The summed E-state index contributed by atoms with van der Waals surface area (Å²) in [7, 11) is 0. The van der Waals surface area contributed by atoms with Crippen LogP contribution in [-0.2, 0) is 9.53 Å². The van der Waals surface area contributed by atoms with Gasteiger partial charge in [0.1, 0.15) is 17.6 Å². The third-order valence-electron chi connectivity index (χ3n) is 3.94. The van der Waals surface area contributed by atoms with E-state index in [9.17, 15) is 20.0 Å². The summed E-state index contributed by atoms with van der Waals surface area (Å²) >= 11 is 6.89. The van der Waals surface area contributed by atoms with Crippen LogP contribution < -0.4 is 15.5 Å². The van der Waals surface area contributed by atoms with E-state index in [-0.39, 0.29) is 12.3 Å². The number of benzene rings is 2. The number of allylic oxidation sites excluding steroid dienone is 1. The number of rotatable bonds is 7. The van der Waals surface area contributed by atoms with Gasteiger partial charge in [0.25, 0.3) is 0 Å². The van der Waals surface area contributed by atoms with E-state index in [4.69, 9.17) is 10.5 Å². The van der Waals surface area contributed by atoms with Gasteiger partial charge in [-0.2, -0.15) is 10.4 Å². The predicted molar refractivity (Wildman–Crippen MR) is 126 cm³/mol. The molecule has 0 bridgehead atoms. The van der Waals surface area contributed by atoms with Crippen LogP contribution in [-0.4, -0.2) is 29.4 Å². The van der Waals surface area contributed by atoms with Gasteiger partial charge in [-0.1, -0.05) is 6.58 Å². The molecule has 166 valence electrons. The SMILES string of the molecule is C=C(C)c1cc(Oc2c(Br)cc(N(CC)N=C(C#N)C(=O)OC(N)=O)cc2Br)ccc1O. The van der Waals surface area contributed by atoms with Gasteiger partial charge in [0, 0.05) is 12.1 Å². The summed E-state index contributed by atoms with van der Waals surface area (Å²) < 4.78 is 11.3. The van der Waals surface area contributed by atoms with E-state index >= 15 is 0 Å². The predicted octanol–water partition coefficient (Wildman–Crippen LogP) is 5.07. The Hall–Kier alpha value is -3.36. The van der Waals surface area contributed by atoms with E-state index in [1.165, 1.54) is 11.1 Å². The van der Waals surface area contributed by atoms with E-state index in [1.54, 1.807) is 44.2 Å². The molecule has 0 aliphatic heterocycles. The average molecular weight is 566 g/mol. The number of ether oxygens (including phenoxy) is 2. The number of amides is 1. The van der Waals surface area contributed by atoms with Gasteiger partial charge in [0.2, 0.25) is 5.71 Å². The fraction of sp³-hybridized carbons (Fsp3) is 0.143. The molecule has 0 heterocycles. The second-order valence-electron chi connectivity index (χ2n) is 6.28. The van der Waals surface area contributed by atoms with Crippen molar-refractivity contribution >= 4 is 60.9 Å². The summed E-state index contributed by atoms with van der Waals surface area (Å²) in [5, 5.41) is 24.4. The second-order valence-corrected chi connectivity index (χ2v) is 7.99. The van der Waals surface area contributed by atoms with Crippen molar-refractivity contribution in [3.63, 3.8) is 0 Å². The molecule has 9 nitrogen and oxygen atoms in total. The van der Waals surface area contributed by atoms with Crippen LogP contribution in [0.25, 0.3) is 5.57 Å². The van der Waals surface area contributed by atoms with Gasteiger partial charge in [-0.15, -0.1) is 0 Å². The lowest BCUT2D eigenvalue weighted by atomic mass is 10.1. The molecule has 0 saturated carbocycles. The number of halogens is 2. The molecular formula is C21H18Br2N4O5. The van der Waals surface area contributed by atoms with E-state index in [0.717, 1.165) is 0 Å². The van der Waals surface area contributed by atoms with Gasteiger partial charge in [0.05, 0.1) is 14.6 Å². The van der Waals surface area contributed by atoms with Crippen LogP contribution in [0.1, 0.15) is 19.4 Å². The molecular weight excluding hydrogens is 548 g/mol. The summed E-state index contributed by atoms with van der Waals surface area (Å²) in [6.45, 7) is 7.64. The standard InChI is InChI=1S/C21H18Br2N4O5/c1-4-27(26-17(10-24)20(29)32-21(25)30)12-7-15(22)19(16(23)8-12)31-13-5-6-18(28)14(9-13)11(2)3/h5-9,28H,2,4H2,1,3H3,(H2,25,30). The molecule has 0 aliphatic rings. The van der Waals surface area contributed by atoms with Gasteiger partial charge in [-0.3, -0.25) is 5.01 Å². The highest BCUT2D eigenvalue weighted by Gasteiger charge is 2.19. The van der Waals surface area contributed by atoms with Gasteiger partial charge in [-0.05, 0) is 81.6 Å². The van der Waals surface area contributed by atoms with E-state index in [2.05, 4.69) is 48.3 Å². The van der Waals surface area contributed by atoms with Crippen molar-refractivity contribution in [1.29, 1.82) is 5.26 Å². The smallest absolute Gasteiger partial charge is 0.412 e. The van der Waals surface area contributed by atoms with E-state index < -0.39 is 17.8 Å². The fourth-order valence-electron chi connectivity index (χ4n) is 2.51. The van der Waals surface area contributed by atoms with Crippen LogP contribution >= 0.6 is 31.9 Å². The number of hydrogen-bond acceptors (Lipinski definition) is 8. The van der Waals surface area contributed by atoms with Crippen LogP contribution in [0, 0.1) is 11.3 Å². The number of hydrazone groups is 1. The van der Waals surface area contributed by atoms with Crippen molar-refractivity contribution in [2.75, 3.05) is 11.6 Å². The normalized spacial score (nSPS) is 10.8. The third-order valence-corrected chi connectivity index (χ3v) is 5.12. The number of carbonyl (C=O) groups excluding carboxylic acids is 2. The first kappa shape index (κ1) is 24.9. The first-order chi connectivity index (χ1) is 15.1. The quantitative estimate of drug-likeness (QED) is 0.207. The zero-order chi connectivity index (χ0) is 24.0. The number of carbonyl (C=O) groups is 2. The molecule has 0 aromatic heterocycles. The Balaban J connectivity index is 2.39. The number of aromatic hydroxyl groups is 1. The molecule has 3 N–H and O–H groups in total.